The van der Waals surface area contributed by atoms with Crippen LogP contribution in [0, 0.1) is 0 Å². The SMILES string of the molecule is CCN(C)NC(=O)N(O)C1c2ccccc2Oc2ccccc21. The smallest absolute Gasteiger partial charge is 0.356 e. The Kier molecular flexibility index (Phi) is 4.18. The van der Waals surface area contributed by atoms with Crippen molar-refractivity contribution in [3.05, 3.63) is 59.7 Å². The van der Waals surface area contributed by atoms with Gasteiger partial charge in [-0.25, -0.2) is 9.80 Å². The molecule has 2 aromatic rings. The monoisotopic (exact) mass is 313 g/mol. The molecule has 2 N–H and O–H groups in total. The average molecular weight is 313 g/mol. The minimum absolute atomic E-state index is 0.592. The molecule has 0 atom stereocenters. The Balaban J connectivity index is 1.99. The maximum Gasteiger partial charge on any atom is 0.356 e. The number of amides is 2. The van der Waals surface area contributed by atoms with Crippen LogP contribution in [0.15, 0.2) is 48.5 Å². The number of benzene rings is 2. The van der Waals surface area contributed by atoms with Gasteiger partial charge in [0.1, 0.15) is 17.5 Å². The van der Waals surface area contributed by atoms with Crippen LogP contribution in [0.2, 0.25) is 0 Å². The molecule has 0 spiro atoms. The highest BCUT2D eigenvalue weighted by atomic mass is 16.5. The molecule has 0 saturated carbocycles. The van der Waals surface area contributed by atoms with Gasteiger partial charge >= 0.3 is 6.03 Å². The Morgan fingerprint density at radius 1 is 1.13 bits per heavy atom. The van der Waals surface area contributed by atoms with E-state index in [4.69, 9.17) is 4.74 Å². The molecule has 0 aromatic heterocycles. The highest BCUT2D eigenvalue weighted by molar-refractivity contribution is 5.74. The molecular weight excluding hydrogens is 294 g/mol. The Morgan fingerprint density at radius 2 is 1.65 bits per heavy atom. The van der Waals surface area contributed by atoms with Crippen LogP contribution in [0.3, 0.4) is 0 Å². The maximum atomic E-state index is 12.3. The highest BCUT2D eigenvalue weighted by Gasteiger charge is 2.34. The maximum absolute atomic E-state index is 12.3. The van der Waals surface area contributed by atoms with E-state index in [9.17, 15) is 10.0 Å². The number of para-hydroxylation sites is 2. The van der Waals surface area contributed by atoms with E-state index in [1.165, 1.54) is 0 Å². The van der Waals surface area contributed by atoms with Gasteiger partial charge in [-0.1, -0.05) is 43.3 Å². The van der Waals surface area contributed by atoms with Crippen molar-refractivity contribution < 1.29 is 14.7 Å². The molecule has 3 rings (SSSR count). The van der Waals surface area contributed by atoms with Crippen LogP contribution in [0.25, 0.3) is 0 Å². The summed E-state index contributed by atoms with van der Waals surface area (Å²) >= 11 is 0. The molecule has 0 aliphatic carbocycles. The summed E-state index contributed by atoms with van der Waals surface area (Å²) in [5, 5.41) is 12.8. The van der Waals surface area contributed by atoms with Crippen LogP contribution in [0.4, 0.5) is 4.79 Å². The standard InChI is InChI=1S/C17H19N3O3/c1-3-19(2)18-17(21)20(22)16-12-8-4-6-10-14(12)23-15-11-7-5-9-13(15)16/h4-11,16,22H,3H2,1-2H3,(H,18,21). The van der Waals surface area contributed by atoms with Gasteiger partial charge in [-0.05, 0) is 12.1 Å². The van der Waals surface area contributed by atoms with E-state index in [0.29, 0.717) is 23.1 Å². The van der Waals surface area contributed by atoms with Crippen molar-refractivity contribution in [3.8, 4) is 11.5 Å². The fraction of sp³-hybridized carbons (Fsp3) is 0.235. The number of nitrogens with zero attached hydrogens (tertiary/aromatic N) is 2. The number of carbonyl (C=O) groups excluding carboxylic acids is 1. The third-order valence-electron chi connectivity index (χ3n) is 3.86. The van der Waals surface area contributed by atoms with Crippen LogP contribution in [-0.4, -0.2) is 34.9 Å². The fourth-order valence-corrected chi connectivity index (χ4v) is 2.56. The molecule has 23 heavy (non-hydrogen) atoms. The zero-order chi connectivity index (χ0) is 16.4. The van der Waals surface area contributed by atoms with E-state index >= 15 is 0 Å². The van der Waals surface area contributed by atoms with Crippen LogP contribution in [-0.2, 0) is 0 Å². The molecule has 0 radical (unpaired) electrons. The quantitative estimate of drug-likeness (QED) is 0.675. The third kappa shape index (κ3) is 2.86. The Hall–Kier alpha value is -2.57. The lowest BCUT2D eigenvalue weighted by Gasteiger charge is -2.33. The average Bonchev–Trinajstić information content (AvgIpc) is 2.58. The van der Waals surface area contributed by atoms with E-state index in [0.717, 1.165) is 11.1 Å². The van der Waals surface area contributed by atoms with Crippen molar-refractivity contribution in [1.82, 2.24) is 15.5 Å². The predicted molar refractivity (Wildman–Crippen MR) is 85.3 cm³/mol. The minimum atomic E-state index is -0.624. The fourth-order valence-electron chi connectivity index (χ4n) is 2.56. The first kappa shape index (κ1) is 15.3. The number of hydrogen-bond acceptors (Lipinski definition) is 4. The van der Waals surface area contributed by atoms with E-state index in [-0.39, 0.29) is 0 Å². The second-order valence-corrected chi connectivity index (χ2v) is 5.36. The lowest BCUT2D eigenvalue weighted by Crippen LogP contribution is -2.47. The molecule has 1 aliphatic heterocycles. The predicted octanol–water partition coefficient (Wildman–Crippen LogP) is 3.15. The molecule has 1 aliphatic rings. The number of rotatable bonds is 3. The van der Waals surface area contributed by atoms with Gasteiger partial charge in [-0.3, -0.25) is 10.6 Å². The minimum Gasteiger partial charge on any atom is -0.457 e. The molecule has 2 amide bonds. The summed E-state index contributed by atoms with van der Waals surface area (Å²) in [6.45, 7) is 2.53. The van der Waals surface area contributed by atoms with Crippen molar-refractivity contribution in [2.75, 3.05) is 13.6 Å². The highest BCUT2D eigenvalue weighted by Crippen LogP contribution is 2.44. The van der Waals surface area contributed by atoms with E-state index < -0.39 is 12.1 Å². The molecule has 0 saturated heterocycles. The van der Waals surface area contributed by atoms with Gasteiger partial charge < -0.3 is 4.74 Å². The largest absolute Gasteiger partial charge is 0.457 e. The van der Waals surface area contributed by atoms with Gasteiger partial charge in [-0.2, -0.15) is 5.06 Å². The van der Waals surface area contributed by atoms with Gasteiger partial charge in [0.2, 0.25) is 0 Å². The Labute approximate surface area is 134 Å². The lowest BCUT2D eigenvalue weighted by molar-refractivity contribution is -0.0753. The van der Waals surface area contributed by atoms with E-state index in [1.807, 2.05) is 55.5 Å². The van der Waals surface area contributed by atoms with Gasteiger partial charge in [-0.15, -0.1) is 0 Å². The summed E-state index contributed by atoms with van der Waals surface area (Å²) in [6, 6.07) is 13.5. The number of hydrazine groups is 1. The number of urea groups is 1. The van der Waals surface area contributed by atoms with Crippen molar-refractivity contribution in [1.29, 1.82) is 0 Å². The summed E-state index contributed by atoms with van der Waals surface area (Å²) in [7, 11) is 1.73. The number of ether oxygens (including phenoxy) is 1. The second-order valence-electron chi connectivity index (χ2n) is 5.36. The number of nitrogens with one attached hydrogen (secondary N) is 1. The Bertz CT molecular complexity index is 674. The number of hydroxylamine groups is 2. The first-order valence-corrected chi connectivity index (χ1v) is 7.47. The molecule has 1 heterocycles. The van der Waals surface area contributed by atoms with Crippen molar-refractivity contribution >= 4 is 6.03 Å². The number of fused-ring (bicyclic) bond motifs is 2. The number of carbonyl (C=O) groups is 1. The van der Waals surface area contributed by atoms with Gasteiger partial charge in [0.15, 0.2) is 0 Å². The summed E-state index contributed by atoms with van der Waals surface area (Å²) in [5.74, 6) is 1.26. The first-order valence-electron chi connectivity index (χ1n) is 7.47. The first-order chi connectivity index (χ1) is 11.1. The summed E-state index contributed by atoms with van der Waals surface area (Å²) in [4.78, 5) is 12.3. The lowest BCUT2D eigenvalue weighted by atomic mass is 9.94. The molecule has 120 valence electrons. The molecule has 6 heteroatoms. The third-order valence-corrected chi connectivity index (χ3v) is 3.86. The Morgan fingerprint density at radius 3 is 2.17 bits per heavy atom. The molecule has 0 fully saturated rings. The van der Waals surface area contributed by atoms with E-state index in [1.54, 1.807) is 12.1 Å². The van der Waals surface area contributed by atoms with Crippen LogP contribution >= 0.6 is 0 Å². The molecule has 6 nitrogen and oxygen atoms in total. The van der Waals surface area contributed by atoms with E-state index in [2.05, 4.69) is 5.43 Å². The second kappa shape index (κ2) is 6.28. The van der Waals surface area contributed by atoms with Gasteiger partial charge in [0, 0.05) is 24.7 Å². The summed E-state index contributed by atoms with van der Waals surface area (Å²) < 4.78 is 5.86. The van der Waals surface area contributed by atoms with Crippen LogP contribution < -0.4 is 10.2 Å². The molecule has 0 bridgehead atoms. The summed E-state index contributed by atoms with van der Waals surface area (Å²) in [5.41, 5.74) is 4.10. The van der Waals surface area contributed by atoms with Crippen LogP contribution in [0.5, 0.6) is 11.5 Å². The van der Waals surface area contributed by atoms with Crippen molar-refractivity contribution in [2.45, 2.75) is 13.0 Å². The van der Waals surface area contributed by atoms with Crippen molar-refractivity contribution in [2.24, 2.45) is 0 Å². The number of hydrogen-bond donors (Lipinski definition) is 2. The van der Waals surface area contributed by atoms with Gasteiger partial charge in [0.05, 0.1) is 0 Å². The molecular formula is C17H19N3O3. The van der Waals surface area contributed by atoms with Crippen LogP contribution in [0.1, 0.15) is 24.1 Å². The molecule has 0 unspecified atom stereocenters. The zero-order valence-corrected chi connectivity index (χ0v) is 13.1. The van der Waals surface area contributed by atoms with Crippen molar-refractivity contribution in [3.63, 3.8) is 0 Å². The summed E-state index contributed by atoms with van der Waals surface area (Å²) in [6.07, 6.45) is 0. The molecule has 2 aromatic carbocycles. The topological polar surface area (TPSA) is 65.0 Å². The van der Waals surface area contributed by atoms with Gasteiger partial charge in [0.25, 0.3) is 0 Å². The zero-order valence-electron chi connectivity index (χ0n) is 13.1. The normalized spacial score (nSPS) is 13.0.